The summed E-state index contributed by atoms with van der Waals surface area (Å²) in [6.07, 6.45) is 0. The third kappa shape index (κ3) is 6.56. The molecule has 0 saturated carbocycles. The van der Waals surface area contributed by atoms with Crippen molar-refractivity contribution < 1.29 is 0 Å². The van der Waals surface area contributed by atoms with E-state index in [0.717, 1.165) is 12.5 Å². The molecule has 0 spiro atoms. The second-order valence-electron chi connectivity index (χ2n) is 5.46. The summed E-state index contributed by atoms with van der Waals surface area (Å²) in [5, 5.41) is 0. The van der Waals surface area contributed by atoms with Crippen LogP contribution in [0.5, 0.6) is 0 Å². The Morgan fingerprint density at radius 3 is 2.00 bits per heavy atom. The Bertz CT molecular complexity index is 418. The van der Waals surface area contributed by atoms with E-state index in [1.807, 2.05) is 38.0 Å². The zero-order chi connectivity index (χ0) is 14.4. The Kier molecular flexibility index (Phi) is 8.80. The van der Waals surface area contributed by atoms with E-state index in [2.05, 4.69) is 48.3 Å². The highest BCUT2D eigenvalue weighted by molar-refractivity contribution is 14.0. The van der Waals surface area contributed by atoms with Crippen LogP contribution in [0.25, 0.3) is 0 Å². The average Bonchev–Trinajstić information content (AvgIpc) is 2.27. The van der Waals surface area contributed by atoms with Crippen molar-refractivity contribution in [1.82, 2.24) is 14.7 Å². The molecule has 20 heavy (non-hydrogen) atoms. The lowest BCUT2D eigenvalue weighted by Crippen LogP contribution is -2.35. The Balaban J connectivity index is 0.00000361. The predicted molar refractivity (Wildman–Crippen MR) is 97.8 cm³/mol. The molecule has 0 saturated heterocycles. The molecule has 1 aromatic carbocycles. The van der Waals surface area contributed by atoms with Gasteiger partial charge in [-0.15, -0.1) is 24.0 Å². The molecule has 0 unspecified atom stereocenters. The fourth-order valence-corrected chi connectivity index (χ4v) is 2.04. The van der Waals surface area contributed by atoms with E-state index >= 15 is 0 Å². The van der Waals surface area contributed by atoms with E-state index in [-0.39, 0.29) is 24.0 Å². The van der Waals surface area contributed by atoms with Gasteiger partial charge in [0.25, 0.3) is 0 Å². The Morgan fingerprint density at radius 1 is 0.950 bits per heavy atom. The number of guanidine groups is 1. The van der Waals surface area contributed by atoms with Crippen molar-refractivity contribution >= 4 is 29.9 Å². The summed E-state index contributed by atoms with van der Waals surface area (Å²) in [6, 6.07) is 8.62. The summed E-state index contributed by atoms with van der Waals surface area (Å²) in [5.41, 5.74) is 2.58. The predicted octanol–water partition coefficient (Wildman–Crippen LogP) is 2.35. The quantitative estimate of drug-likeness (QED) is 0.448. The van der Waals surface area contributed by atoms with Gasteiger partial charge in [0.2, 0.25) is 0 Å². The second kappa shape index (κ2) is 9.18. The molecular weight excluding hydrogens is 363 g/mol. The van der Waals surface area contributed by atoms with Gasteiger partial charge in [-0.25, -0.2) is 4.99 Å². The minimum Gasteiger partial charge on any atom is -0.349 e. The highest BCUT2D eigenvalue weighted by Gasteiger charge is 2.04. The fourth-order valence-electron chi connectivity index (χ4n) is 2.04. The van der Waals surface area contributed by atoms with Crippen molar-refractivity contribution in [1.29, 1.82) is 0 Å². The number of halogens is 1. The van der Waals surface area contributed by atoms with Gasteiger partial charge in [0.15, 0.2) is 5.96 Å². The minimum atomic E-state index is 0. The molecule has 114 valence electrons. The smallest absolute Gasteiger partial charge is 0.195 e. The van der Waals surface area contributed by atoms with Crippen LogP contribution < -0.4 is 0 Å². The summed E-state index contributed by atoms with van der Waals surface area (Å²) in [5.74, 6) is 0.984. The van der Waals surface area contributed by atoms with Crippen molar-refractivity contribution in [2.75, 3.05) is 42.3 Å². The Morgan fingerprint density at radius 2 is 1.50 bits per heavy atom. The number of rotatable bonds is 4. The van der Waals surface area contributed by atoms with Crippen LogP contribution in [0, 0.1) is 0 Å². The summed E-state index contributed by atoms with van der Waals surface area (Å²) in [6.45, 7) is 1.68. The molecule has 1 rings (SSSR count). The molecule has 0 N–H and O–H groups in total. The molecule has 0 bridgehead atoms. The number of aliphatic imine (C=N–C) groups is 1. The largest absolute Gasteiger partial charge is 0.349 e. The van der Waals surface area contributed by atoms with Gasteiger partial charge >= 0.3 is 0 Å². The van der Waals surface area contributed by atoms with Crippen molar-refractivity contribution in [3.8, 4) is 0 Å². The van der Waals surface area contributed by atoms with Crippen LogP contribution >= 0.6 is 24.0 Å². The maximum atomic E-state index is 4.67. The molecule has 1 aromatic rings. The first kappa shape index (κ1) is 19.2. The molecule has 0 aliphatic rings. The van der Waals surface area contributed by atoms with Crippen molar-refractivity contribution in [2.24, 2.45) is 4.99 Å². The Labute approximate surface area is 140 Å². The van der Waals surface area contributed by atoms with Crippen molar-refractivity contribution in [3.05, 3.63) is 35.4 Å². The lowest BCUT2D eigenvalue weighted by Gasteiger charge is -2.22. The molecule has 0 atom stereocenters. The van der Waals surface area contributed by atoms with Crippen LogP contribution in [0.15, 0.2) is 29.3 Å². The lowest BCUT2D eigenvalue weighted by atomic mass is 10.1. The van der Waals surface area contributed by atoms with Crippen LogP contribution in [0.1, 0.15) is 11.1 Å². The second-order valence-corrected chi connectivity index (χ2v) is 5.46. The molecule has 5 heteroatoms. The zero-order valence-corrected chi connectivity index (χ0v) is 15.8. The number of nitrogens with zero attached hydrogens (tertiary/aromatic N) is 4. The highest BCUT2D eigenvalue weighted by atomic mass is 127. The van der Waals surface area contributed by atoms with E-state index in [0.29, 0.717) is 6.54 Å². The standard InChI is InChI=1S/C15H26N4.HI/c1-17(2)12-14-9-7-8-13(10-14)11-16-15(18(3)4)19(5)6;/h7-10H,11-12H2,1-6H3;1H. The topological polar surface area (TPSA) is 22.1 Å². The van der Waals surface area contributed by atoms with Gasteiger partial charge in [-0.05, 0) is 25.2 Å². The van der Waals surface area contributed by atoms with Gasteiger partial charge in [-0.3, -0.25) is 0 Å². The minimum absolute atomic E-state index is 0. The molecule has 0 aromatic heterocycles. The van der Waals surface area contributed by atoms with Gasteiger partial charge < -0.3 is 14.7 Å². The number of hydrogen-bond acceptors (Lipinski definition) is 2. The van der Waals surface area contributed by atoms with Gasteiger partial charge in [0, 0.05) is 34.7 Å². The zero-order valence-electron chi connectivity index (χ0n) is 13.4. The van der Waals surface area contributed by atoms with Crippen molar-refractivity contribution in [3.63, 3.8) is 0 Å². The average molecular weight is 390 g/mol. The summed E-state index contributed by atoms with van der Waals surface area (Å²) >= 11 is 0. The third-order valence-electron chi connectivity index (χ3n) is 2.69. The van der Waals surface area contributed by atoms with E-state index < -0.39 is 0 Å². The first-order valence-corrected chi connectivity index (χ1v) is 6.52. The van der Waals surface area contributed by atoms with Crippen LogP contribution in [0.4, 0.5) is 0 Å². The normalized spacial score (nSPS) is 9.95. The monoisotopic (exact) mass is 390 g/mol. The van der Waals surface area contributed by atoms with E-state index in [9.17, 15) is 0 Å². The molecule has 0 heterocycles. The van der Waals surface area contributed by atoms with Gasteiger partial charge in [-0.1, -0.05) is 24.3 Å². The Hall–Kier alpha value is -0.820. The van der Waals surface area contributed by atoms with Crippen LogP contribution in [-0.2, 0) is 13.1 Å². The summed E-state index contributed by atoms with van der Waals surface area (Å²) < 4.78 is 0. The van der Waals surface area contributed by atoms with Crippen LogP contribution in [-0.4, -0.2) is 62.9 Å². The van der Waals surface area contributed by atoms with Crippen LogP contribution in [0.3, 0.4) is 0 Å². The molecule has 4 nitrogen and oxygen atoms in total. The van der Waals surface area contributed by atoms with Crippen LogP contribution in [0.2, 0.25) is 0 Å². The summed E-state index contributed by atoms with van der Waals surface area (Å²) in [4.78, 5) is 10.9. The maximum absolute atomic E-state index is 4.67. The van der Waals surface area contributed by atoms with E-state index in [1.54, 1.807) is 0 Å². The molecule has 0 aliphatic heterocycles. The highest BCUT2D eigenvalue weighted by Crippen LogP contribution is 2.08. The molecular formula is C15H27IN4. The molecule has 0 aliphatic carbocycles. The lowest BCUT2D eigenvalue weighted by molar-refractivity contribution is 0.402. The first-order valence-electron chi connectivity index (χ1n) is 6.52. The van der Waals surface area contributed by atoms with E-state index in [4.69, 9.17) is 0 Å². The fraction of sp³-hybridized carbons (Fsp3) is 0.533. The molecule has 0 radical (unpaired) electrons. The molecule has 0 amide bonds. The number of hydrogen-bond donors (Lipinski definition) is 0. The van der Waals surface area contributed by atoms with E-state index in [1.165, 1.54) is 11.1 Å². The van der Waals surface area contributed by atoms with Gasteiger partial charge in [0.05, 0.1) is 6.54 Å². The first-order chi connectivity index (χ1) is 8.90. The number of benzene rings is 1. The third-order valence-corrected chi connectivity index (χ3v) is 2.69. The maximum Gasteiger partial charge on any atom is 0.195 e. The van der Waals surface area contributed by atoms with Crippen molar-refractivity contribution in [2.45, 2.75) is 13.1 Å². The SMILES string of the molecule is CN(C)Cc1cccc(CN=C(N(C)C)N(C)C)c1.I. The summed E-state index contributed by atoms with van der Waals surface area (Å²) in [7, 11) is 12.2. The molecule has 0 fully saturated rings. The van der Waals surface area contributed by atoms with Gasteiger partial charge in [-0.2, -0.15) is 0 Å². The van der Waals surface area contributed by atoms with Gasteiger partial charge in [0.1, 0.15) is 0 Å².